The molecule has 1 aromatic rings. The Hall–Kier alpha value is -1.32. The van der Waals surface area contributed by atoms with E-state index in [0.717, 1.165) is 24.2 Å². The number of nitrogens with one attached hydrogen (secondary N) is 1. The zero-order valence-electron chi connectivity index (χ0n) is 9.11. The number of nitrogen functional groups attached to an aromatic ring is 1. The van der Waals surface area contributed by atoms with Crippen LogP contribution in [0.1, 0.15) is 26.2 Å². The Bertz CT molecular complexity index is 326. The van der Waals surface area contributed by atoms with Gasteiger partial charge in [0.1, 0.15) is 0 Å². The molecule has 2 rings (SSSR count). The quantitative estimate of drug-likeness (QED) is 0.793. The number of anilines is 2. The van der Waals surface area contributed by atoms with Crippen LogP contribution in [-0.4, -0.2) is 16.5 Å². The maximum atomic E-state index is 5.70. The van der Waals surface area contributed by atoms with Crippen LogP contribution < -0.4 is 11.1 Å². The molecule has 0 bridgehead atoms. The molecule has 3 N–H and O–H groups in total. The van der Waals surface area contributed by atoms with Crippen molar-refractivity contribution in [2.24, 2.45) is 11.8 Å². The van der Waals surface area contributed by atoms with E-state index in [2.05, 4.69) is 22.2 Å². The van der Waals surface area contributed by atoms with Gasteiger partial charge in [0, 0.05) is 18.9 Å². The molecule has 2 atom stereocenters. The Labute approximate surface area is 90.3 Å². The van der Waals surface area contributed by atoms with Crippen LogP contribution in [0.4, 0.5) is 11.6 Å². The van der Waals surface area contributed by atoms with Crippen LogP contribution in [0.2, 0.25) is 0 Å². The van der Waals surface area contributed by atoms with Gasteiger partial charge in [-0.05, 0) is 18.3 Å². The Morgan fingerprint density at radius 3 is 2.87 bits per heavy atom. The first-order valence-electron chi connectivity index (χ1n) is 5.57. The minimum Gasteiger partial charge on any atom is -0.381 e. The summed E-state index contributed by atoms with van der Waals surface area (Å²) in [4.78, 5) is 8.16. The van der Waals surface area contributed by atoms with Crippen molar-refractivity contribution in [3.63, 3.8) is 0 Å². The molecule has 0 aliphatic heterocycles. The number of nitrogens with two attached hydrogens (primary N) is 1. The SMILES string of the molecule is CC1CCCC1CNc1nccnc1N. The van der Waals surface area contributed by atoms with E-state index in [1.807, 2.05) is 0 Å². The average Bonchev–Trinajstić information content (AvgIpc) is 2.63. The zero-order chi connectivity index (χ0) is 10.7. The second kappa shape index (κ2) is 4.47. The zero-order valence-corrected chi connectivity index (χ0v) is 9.11. The molecule has 1 aliphatic rings. The number of rotatable bonds is 3. The summed E-state index contributed by atoms with van der Waals surface area (Å²) in [6.45, 7) is 3.28. The molecular weight excluding hydrogens is 188 g/mol. The topological polar surface area (TPSA) is 63.8 Å². The van der Waals surface area contributed by atoms with Crippen LogP contribution in [0.5, 0.6) is 0 Å². The molecule has 4 heteroatoms. The van der Waals surface area contributed by atoms with Gasteiger partial charge in [0.15, 0.2) is 11.6 Å². The first kappa shape index (κ1) is 10.2. The fourth-order valence-corrected chi connectivity index (χ4v) is 2.24. The van der Waals surface area contributed by atoms with E-state index in [4.69, 9.17) is 5.73 Å². The molecule has 82 valence electrons. The van der Waals surface area contributed by atoms with E-state index >= 15 is 0 Å². The standard InChI is InChI=1S/C11H18N4/c1-8-3-2-4-9(8)7-15-11-10(12)13-5-6-14-11/h5-6,8-9H,2-4,7H2,1H3,(H2,12,13)(H,14,15). The second-order valence-electron chi connectivity index (χ2n) is 4.34. The number of hydrogen-bond acceptors (Lipinski definition) is 4. The largest absolute Gasteiger partial charge is 0.381 e. The first-order chi connectivity index (χ1) is 7.27. The third-order valence-electron chi connectivity index (χ3n) is 3.30. The highest BCUT2D eigenvalue weighted by atomic mass is 15.0. The molecule has 1 fully saturated rings. The van der Waals surface area contributed by atoms with Gasteiger partial charge >= 0.3 is 0 Å². The molecule has 0 saturated heterocycles. The Balaban J connectivity index is 1.90. The number of nitrogens with zero attached hydrogens (tertiary/aromatic N) is 2. The Morgan fingerprint density at radius 2 is 2.20 bits per heavy atom. The van der Waals surface area contributed by atoms with E-state index < -0.39 is 0 Å². The number of aromatic nitrogens is 2. The molecule has 0 radical (unpaired) electrons. The molecule has 1 saturated carbocycles. The van der Waals surface area contributed by atoms with Gasteiger partial charge in [-0.2, -0.15) is 0 Å². The molecular formula is C11H18N4. The van der Waals surface area contributed by atoms with Crippen LogP contribution in [0.3, 0.4) is 0 Å². The summed E-state index contributed by atoms with van der Waals surface area (Å²) < 4.78 is 0. The average molecular weight is 206 g/mol. The van der Waals surface area contributed by atoms with E-state index in [1.54, 1.807) is 12.4 Å². The highest BCUT2D eigenvalue weighted by molar-refractivity contribution is 5.54. The molecule has 1 aromatic heterocycles. The lowest BCUT2D eigenvalue weighted by atomic mass is 9.98. The fourth-order valence-electron chi connectivity index (χ4n) is 2.24. The Kier molecular flexibility index (Phi) is 3.04. The van der Waals surface area contributed by atoms with Crippen molar-refractivity contribution in [3.8, 4) is 0 Å². The van der Waals surface area contributed by atoms with Gasteiger partial charge in [-0.1, -0.05) is 19.8 Å². The van der Waals surface area contributed by atoms with Gasteiger partial charge in [-0.3, -0.25) is 0 Å². The van der Waals surface area contributed by atoms with Crippen molar-refractivity contribution >= 4 is 11.6 Å². The molecule has 15 heavy (non-hydrogen) atoms. The van der Waals surface area contributed by atoms with Crippen molar-refractivity contribution in [2.75, 3.05) is 17.6 Å². The van der Waals surface area contributed by atoms with Crippen LogP contribution in [-0.2, 0) is 0 Å². The van der Waals surface area contributed by atoms with Crippen LogP contribution in [0, 0.1) is 11.8 Å². The summed E-state index contributed by atoms with van der Waals surface area (Å²) in [6.07, 6.45) is 7.29. The van der Waals surface area contributed by atoms with Gasteiger partial charge < -0.3 is 11.1 Å². The second-order valence-corrected chi connectivity index (χ2v) is 4.34. The van der Waals surface area contributed by atoms with Crippen LogP contribution in [0.25, 0.3) is 0 Å². The minimum absolute atomic E-state index is 0.489. The van der Waals surface area contributed by atoms with Crippen LogP contribution in [0.15, 0.2) is 12.4 Å². The smallest absolute Gasteiger partial charge is 0.168 e. The van der Waals surface area contributed by atoms with E-state index in [1.165, 1.54) is 19.3 Å². The Morgan fingerprint density at radius 1 is 1.40 bits per heavy atom. The predicted octanol–water partition coefficient (Wildman–Crippen LogP) is 1.91. The van der Waals surface area contributed by atoms with Gasteiger partial charge in [-0.15, -0.1) is 0 Å². The van der Waals surface area contributed by atoms with Gasteiger partial charge in [-0.25, -0.2) is 9.97 Å². The predicted molar refractivity (Wildman–Crippen MR) is 61.4 cm³/mol. The van der Waals surface area contributed by atoms with Gasteiger partial charge in [0.25, 0.3) is 0 Å². The molecule has 0 spiro atoms. The van der Waals surface area contributed by atoms with Crippen molar-refractivity contribution in [3.05, 3.63) is 12.4 Å². The lowest BCUT2D eigenvalue weighted by Crippen LogP contribution is -2.18. The molecule has 0 aromatic carbocycles. The molecule has 1 heterocycles. The van der Waals surface area contributed by atoms with Crippen molar-refractivity contribution in [2.45, 2.75) is 26.2 Å². The third kappa shape index (κ3) is 2.37. The summed E-state index contributed by atoms with van der Waals surface area (Å²) >= 11 is 0. The summed E-state index contributed by atoms with van der Waals surface area (Å²) in [7, 11) is 0. The van der Waals surface area contributed by atoms with Crippen LogP contribution >= 0.6 is 0 Å². The van der Waals surface area contributed by atoms with Gasteiger partial charge in [0.05, 0.1) is 0 Å². The number of hydrogen-bond donors (Lipinski definition) is 2. The maximum Gasteiger partial charge on any atom is 0.168 e. The first-order valence-corrected chi connectivity index (χ1v) is 5.57. The maximum absolute atomic E-state index is 5.70. The van der Waals surface area contributed by atoms with Crippen molar-refractivity contribution in [1.82, 2.24) is 9.97 Å². The van der Waals surface area contributed by atoms with Gasteiger partial charge in [0.2, 0.25) is 0 Å². The van der Waals surface area contributed by atoms with Crippen molar-refractivity contribution < 1.29 is 0 Å². The molecule has 4 nitrogen and oxygen atoms in total. The monoisotopic (exact) mass is 206 g/mol. The third-order valence-corrected chi connectivity index (χ3v) is 3.30. The fraction of sp³-hybridized carbons (Fsp3) is 0.636. The summed E-state index contributed by atoms with van der Waals surface area (Å²) in [6, 6.07) is 0. The highest BCUT2D eigenvalue weighted by Crippen LogP contribution is 2.31. The molecule has 0 amide bonds. The lowest BCUT2D eigenvalue weighted by Gasteiger charge is -2.16. The van der Waals surface area contributed by atoms with E-state index in [0.29, 0.717) is 5.82 Å². The summed E-state index contributed by atoms with van der Waals surface area (Å²) in [5.41, 5.74) is 5.70. The molecule has 1 aliphatic carbocycles. The minimum atomic E-state index is 0.489. The van der Waals surface area contributed by atoms with Crippen molar-refractivity contribution in [1.29, 1.82) is 0 Å². The van der Waals surface area contributed by atoms with E-state index in [9.17, 15) is 0 Å². The highest BCUT2D eigenvalue weighted by Gasteiger charge is 2.23. The summed E-state index contributed by atoms with van der Waals surface area (Å²) in [5, 5.41) is 3.29. The lowest BCUT2D eigenvalue weighted by molar-refractivity contribution is 0.439. The molecule has 2 unspecified atom stereocenters. The van der Waals surface area contributed by atoms with E-state index in [-0.39, 0.29) is 0 Å². The summed E-state index contributed by atoms with van der Waals surface area (Å²) in [5.74, 6) is 2.78. The normalized spacial score (nSPS) is 25.4.